The molecule has 4 aromatic rings. The molecule has 192 valence electrons. The molecular weight excluding hydrogens is 476 g/mol. The van der Waals surface area contributed by atoms with Gasteiger partial charge in [0.15, 0.2) is 5.65 Å². The Morgan fingerprint density at radius 3 is 2.68 bits per heavy atom. The van der Waals surface area contributed by atoms with Crippen molar-refractivity contribution in [1.29, 1.82) is 0 Å². The summed E-state index contributed by atoms with van der Waals surface area (Å²) >= 11 is 0. The Balaban J connectivity index is 1.44. The van der Waals surface area contributed by atoms with E-state index in [0.29, 0.717) is 41.9 Å². The predicted molar refractivity (Wildman–Crippen MR) is 135 cm³/mol. The standard InChI is InChI=1S/C27H29F2N7O/c1-4-5-22-16(3)31-25-24(20-9-6-18(28)10-21(20)29)33-27(34-26(25)32-22)35-12-15(2)37-23(14-35)17-11-30-36(13-17)19-7-8-19/h6,9-11,13,15,19,23H,4-5,7-8,12,14H2,1-3H3/t15-,23-/m1/s1. The number of fused-ring (bicyclic) bond motifs is 1. The van der Waals surface area contributed by atoms with E-state index >= 15 is 0 Å². The van der Waals surface area contributed by atoms with Gasteiger partial charge in [-0.15, -0.1) is 0 Å². The zero-order valence-corrected chi connectivity index (χ0v) is 21.2. The quantitative estimate of drug-likeness (QED) is 0.360. The van der Waals surface area contributed by atoms with Gasteiger partial charge in [-0.3, -0.25) is 4.68 Å². The Morgan fingerprint density at radius 2 is 1.92 bits per heavy atom. The minimum Gasteiger partial charge on any atom is -0.367 e. The average Bonchev–Trinajstić information content (AvgIpc) is 3.60. The fraction of sp³-hybridized carbons (Fsp3) is 0.444. The molecule has 2 atom stereocenters. The van der Waals surface area contributed by atoms with Crippen LogP contribution in [0.1, 0.15) is 62.2 Å². The number of ether oxygens (including phenoxy) is 1. The molecular formula is C27H29F2N7O. The van der Waals surface area contributed by atoms with E-state index in [1.54, 1.807) is 0 Å². The number of anilines is 1. The molecule has 6 rings (SSSR count). The van der Waals surface area contributed by atoms with Crippen molar-refractivity contribution in [2.24, 2.45) is 0 Å². The Bertz CT molecular complexity index is 1470. The molecule has 10 heteroatoms. The zero-order valence-electron chi connectivity index (χ0n) is 21.2. The van der Waals surface area contributed by atoms with Crippen LogP contribution in [0.15, 0.2) is 30.6 Å². The van der Waals surface area contributed by atoms with Crippen LogP contribution >= 0.6 is 0 Å². The molecule has 1 aliphatic heterocycles. The highest BCUT2D eigenvalue weighted by molar-refractivity contribution is 5.88. The minimum atomic E-state index is -0.705. The van der Waals surface area contributed by atoms with E-state index in [1.165, 1.54) is 12.1 Å². The fourth-order valence-electron chi connectivity index (χ4n) is 4.89. The lowest BCUT2D eigenvalue weighted by Gasteiger charge is -2.36. The van der Waals surface area contributed by atoms with E-state index in [1.807, 2.05) is 29.6 Å². The molecule has 1 saturated carbocycles. The van der Waals surface area contributed by atoms with E-state index in [9.17, 15) is 8.78 Å². The summed E-state index contributed by atoms with van der Waals surface area (Å²) in [6.07, 6.45) is 7.61. The van der Waals surface area contributed by atoms with Gasteiger partial charge in [0.2, 0.25) is 5.95 Å². The predicted octanol–water partition coefficient (Wildman–Crippen LogP) is 5.12. The van der Waals surface area contributed by atoms with Crippen LogP contribution in [0.4, 0.5) is 14.7 Å². The Kier molecular flexibility index (Phi) is 6.06. The summed E-state index contributed by atoms with van der Waals surface area (Å²) in [5.41, 5.74) is 3.87. The summed E-state index contributed by atoms with van der Waals surface area (Å²) < 4.78 is 37.0. The number of aromatic nitrogens is 6. The molecule has 2 fully saturated rings. The number of hydrogen-bond donors (Lipinski definition) is 0. The van der Waals surface area contributed by atoms with Crippen LogP contribution in [0.3, 0.4) is 0 Å². The molecule has 1 aliphatic carbocycles. The molecule has 0 radical (unpaired) electrons. The monoisotopic (exact) mass is 505 g/mol. The summed E-state index contributed by atoms with van der Waals surface area (Å²) in [5.74, 6) is -0.936. The van der Waals surface area contributed by atoms with Gasteiger partial charge in [-0.25, -0.2) is 23.7 Å². The Hall–Kier alpha value is -3.53. The van der Waals surface area contributed by atoms with Gasteiger partial charge in [-0.2, -0.15) is 10.1 Å². The zero-order chi connectivity index (χ0) is 25.7. The molecule has 0 unspecified atom stereocenters. The second kappa shape index (κ2) is 9.41. The van der Waals surface area contributed by atoms with Crippen molar-refractivity contribution in [2.45, 2.75) is 64.7 Å². The van der Waals surface area contributed by atoms with Crippen molar-refractivity contribution >= 4 is 17.1 Å². The first-order valence-corrected chi connectivity index (χ1v) is 12.8. The number of aryl methyl sites for hydroxylation is 2. The molecule has 0 spiro atoms. The maximum atomic E-state index is 15.0. The maximum absolute atomic E-state index is 15.0. The van der Waals surface area contributed by atoms with Crippen molar-refractivity contribution in [2.75, 3.05) is 18.0 Å². The number of hydrogen-bond acceptors (Lipinski definition) is 7. The van der Waals surface area contributed by atoms with Gasteiger partial charge in [-0.05, 0) is 45.2 Å². The highest BCUT2D eigenvalue weighted by Crippen LogP contribution is 2.36. The molecule has 1 aromatic carbocycles. The molecule has 3 aromatic heterocycles. The van der Waals surface area contributed by atoms with Crippen LogP contribution in [-0.4, -0.2) is 48.9 Å². The lowest BCUT2D eigenvalue weighted by molar-refractivity contribution is -0.0178. The average molecular weight is 506 g/mol. The second-order valence-electron chi connectivity index (χ2n) is 10.00. The molecule has 1 saturated heterocycles. The first-order chi connectivity index (χ1) is 17.9. The molecule has 2 aliphatic rings. The van der Waals surface area contributed by atoms with Crippen molar-refractivity contribution in [3.05, 3.63) is 59.2 Å². The van der Waals surface area contributed by atoms with Crippen LogP contribution in [0.25, 0.3) is 22.4 Å². The molecule has 8 nitrogen and oxygen atoms in total. The summed E-state index contributed by atoms with van der Waals surface area (Å²) in [4.78, 5) is 21.1. The lowest BCUT2D eigenvalue weighted by atomic mass is 10.1. The third-order valence-electron chi connectivity index (χ3n) is 6.92. The van der Waals surface area contributed by atoms with Gasteiger partial charge in [-0.1, -0.05) is 13.3 Å². The smallest absolute Gasteiger partial charge is 0.228 e. The summed E-state index contributed by atoms with van der Waals surface area (Å²) in [6, 6.07) is 3.97. The fourth-order valence-corrected chi connectivity index (χ4v) is 4.89. The molecule has 0 amide bonds. The Morgan fingerprint density at radius 1 is 1.08 bits per heavy atom. The van der Waals surface area contributed by atoms with Gasteiger partial charge in [0.05, 0.1) is 36.3 Å². The van der Waals surface area contributed by atoms with Gasteiger partial charge >= 0.3 is 0 Å². The topological polar surface area (TPSA) is 81.9 Å². The molecule has 0 N–H and O–H groups in total. The lowest BCUT2D eigenvalue weighted by Crippen LogP contribution is -2.43. The first-order valence-electron chi connectivity index (χ1n) is 12.8. The molecule has 0 bridgehead atoms. The number of halogens is 2. The number of morpholine rings is 1. The molecule has 37 heavy (non-hydrogen) atoms. The Labute approximate surface area is 213 Å². The molecule has 4 heterocycles. The van der Waals surface area contributed by atoms with E-state index in [4.69, 9.17) is 24.7 Å². The van der Waals surface area contributed by atoms with E-state index in [0.717, 1.165) is 48.7 Å². The summed E-state index contributed by atoms with van der Waals surface area (Å²) in [7, 11) is 0. The van der Waals surface area contributed by atoms with E-state index in [-0.39, 0.29) is 17.8 Å². The van der Waals surface area contributed by atoms with Gasteiger partial charge in [0, 0.05) is 29.9 Å². The minimum absolute atomic E-state index is 0.0897. The normalized spacial score (nSPS) is 20.1. The van der Waals surface area contributed by atoms with Crippen molar-refractivity contribution in [3.8, 4) is 11.3 Å². The van der Waals surface area contributed by atoms with Crippen molar-refractivity contribution in [3.63, 3.8) is 0 Å². The van der Waals surface area contributed by atoms with Crippen LogP contribution in [0, 0.1) is 18.6 Å². The van der Waals surface area contributed by atoms with Crippen LogP contribution in [-0.2, 0) is 11.2 Å². The maximum Gasteiger partial charge on any atom is 0.228 e. The van der Waals surface area contributed by atoms with Crippen molar-refractivity contribution < 1.29 is 13.5 Å². The number of benzene rings is 1. The van der Waals surface area contributed by atoms with Gasteiger partial charge in [0.25, 0.3) is 0 Å². The first kappa shape index (κ1) is 23.8. The van der Waals surface area contributed by atoms with Crippen LogP contribution < -0.4 is 4.90 Å². The van der Waals surface area contributed by atoms with E-state index in [2.05, 4.69) is 18.2 Å². The number of rotatable bonds is 6. The van der Waals surface area contributed by atoms with Gasteiger partial charge < -0.3 is 9.64 Å². The number of nitrogens with zero attached hydrogens (tertiary/aromatic N) is 7. The summed E-state index contributed by atoms with van der Waals surface area (Å²) in [6.45, 7) is 7.04. The largest absolute Gasteiger partial charge is 0.367 e. The second-order valence-corrected chi connectivity index (χ2v) is 10.00. The van der Waals surface area contributed by atoms with Crippen LogP contribution in [0.5, 0.6) is 0 Å². The summed E-state index contributed by atoms with van der Waals surface area (Å²) in [5, 5.41) is 4.52. The third kappa shape index (κ3) is 4.66. The highest BCUT2D eigenvalue weighted by Gasteiger charge is 2.32. The van der Waals surface area contributed by atoms with Gasteiger partial charge in [0.1, 0.15) is 28.9 Å². The van der Waals surface area contributed by atoms with Crippen molar-refractivity contribution in [1.82, 2.24) is 29.7 Å². The highest BCUT2D eigenvalue weighted by atomic mass is 19.1. The van der Waals surface area contributed by atoms with E-state index < -0.39 is 11.6 Å². The van der Waals surface area contributed by atoms with Crippen LogP contribution in [0.2, 0.25) is 0 Å². The third-order valence-corrected chi connectivity index (χ3v) is 6.92. The SMILES string of the molecule is CCCc1nc2nc(N3C[C@@H](C)O[C@@H](c4cnn(C5CC5)c4)C3)nc(-c3ccc(F)cc3F)c2nc1C.